The van der Waals surface area contributed by atoms with Gasteiger partial charge in [-0.05, 0) is 147 Å². The van der Waals surface area contributed by atoms with Crippen LogP contribution < -0.4 is 21.3 Å². The van der Waals surface area contributed by atoms with Crippen molar-refractivity contribution in [3.63, 3.8) is 0 Å². The maximum absolute atomic E-state index is 13.0. The van der Waals surface area contributed by atoms with Crippen molar-refractivity contribution < 1.29 is 71.4 Å². The topological polar surface area (TPSA) is 348 Å². The number of carbonyl (C=O) groups excluding carboxylic acids is 9. The number of piperidine rings is 6. The number of ether oxygens (including phenoxy) is 2. The van der Waals surface area contributed by atoms with E-state index in [1.54, 1.807) is 65.0 Å². The van der Waals surface area contributed by atoms with Crippen LogP contribution in [-0.2, 0) is 79.8 Å². The van der Waals surface area contributed by atoms with Crippen LogP contribution in [0.2, 0.25) is 0 Å². The Balaban J connectivity index is 0.000000252. The van der Waals surface area contributed by atoms with E-state index in [0.29, 0.717) is 144 Å². The highest BCUT2D eigenvalue weighted by Crippen LogP contribution is 2.35. The number of hydrogen-bond donors (Lipinski definition) is 5. The fourth-order valence-corrected chi connectivity index (χ4v) is 15.2. The molecule has 0 aromatic carbocycles. The normalized spacial score (nSPS) is 17.0. The zero-order chi connectivity index (χ0) is 77.9. The van der Waals surface area contributed by atoms with Crippen LogP contribution >= 0.6 is 57.8 Å². The predicted molar refractivity (Wildman–Crippen MR) is 412 cm³/mol. The Bertz CT molecular complexity index is 3490. The molecule has 106 heavy (non-hydrogen) atoms. The van der Waals surface area contributed by atoms with E-state index in [2.05, 4.69) is 102 Å². The lowest BCUT2D eigenvalue weighted by Crippen LogP contribution is -2.47. The van der Waals surface area contributed by atoms with Crippen LogP contribution in [0.5, 0.6) is 0 Å². The minimum atomic E-state index is -0.759. The van der Waals surface area contributed by atoms with Crippen molar-refractivity contribution >= 4 is 127 Å². The molecule has 6 aliphatic rings. The second-order valence-electron chi connectivity index (χ2n) is 27.9. The molecule has 0 radical (unpaired) electrons. The highest BCUT2D eigenvalue weighted by atomic mass is 35.5. The van der Waals surface area contributed by atoms with Crippen LogP contribution in [-0.4, -0.2) is 195 Å². The van der Waals surface area contributed by atoms with E-state index in [9.17, 15) is 47.9 Å². The molecule has 6 fully saturated rings. The molecule has 6 aliphatic heterocycles. The van der Waals surface area contributed by atoms with Gasteiger partial charge in [-0.1, -0.05) is 90.9 Å². The molecule has 6 amide bonds. The summed E-state index contributed by atoms with van der Waals surface area (Å²) in [6.07, 6.45) is 20.1. The first kappa shape index (κ1) is 89.3. The van der Waals surface area contributed by atoms with Crippen molar-refractivity contribution in [3.8, 4) is 0 Å². The first-order chi connectivity index (χ1) is 50.5. The summed E-state index contributed by atoms with van der Waals surface area (Å²) < 4.78 is 23.5. The molecule has 0 spiro atoms. The van der Waals surface area contributed by atoms with Gasteiger partial charge >= 0.3 is 17.9 Å². The number of nitrogens with zero attached hydrogens (tertiary/aromatic N) is 8. The number of thiazole rings is 2. The standard InChI is InChI=1S/C26H37N5O4S2.C17H24N4O2S2.C11H17NO3.C9H13NO3.C8H15NO2.C3H3ClO/c1-5-21(32)30-10-8-18(9-11-30)24(34)31-12-6-17(7-13-31)23(33)29-25-28-15-22(37-25)36-16-20-27-14-19(35-20)26(2,3)4;1-17(2,3)12-8-19-13(23-12)10-24-14-9-20-16(25-14)21-15(22)11-4-6-18-7-5-11;1-3-10(13)12-7-5-9(6-8-12)11(14)15-4-2;1-2-8(11)10-5-3-7(4-6-10)9(12)13;1-2-11-8(10)7-3-5-9-6-4-7;1-2-3(4)5/h14-15,17-18H,5-13,16H2,1-4H3,(H,28,29,33);8-9,11,18H,4-7,10H2,1-3H3,(H,20,21,22);3,9H,1,4-8H2,2H3;2,7H,1,3-6H2,(H,12,13);7,9H,2-6H2,1H3;2H,1H2. The number of carboxylic acids is 1. The molecule has 0 saturated carbocycles. The third-order valence-electron chi connectivity index (χ3n) is 18.1. The van der Waals surface area contributed by atoms with Gasteiger partial charge in [0.25, 0.3) is 0 Å². The number of aliphatic carboxylic acids is 1. The number of hydrogen-bond acceptors (Lipinski definition) is 24. The predicted octanol–water partition coefficient (Wildman–Crippen LogP) is 11.2. The number of halogens is 1. The molecule has 4 aromatic rings. The maximum Gasteiger partial charge on any atom is 0.309 e. The van der Waals surface area contributed by atoms with E-state index in [1.807, 2.05) is 23.6 Å². The summed E-state index contributed by atoms with van der Waals surface area (Å²) in [6, 6.07) is 0. The highest BCUT2D eigenvalue weighted by Gasteiger charge is 2.35. The Morgan fingerprint density at radius 1 is 0.528 bits per heavy atom. The van der Waals surface area contributed by atoms with Crippen molar-refractivity contribution in [2.24, 2.45) is 35.5 Å². The Morgan fingerprint density at radius 3 is 1.24 bits per heavy atom. The number of anilines is 2. The van der Waals surface area contributed by atoms with Crippen molar-refractivity contribution in [2.75, 3.05) is 102 Å². The fourth-order valence-electron chi connectivity index (χ4n) is 11.7. The average molecular weight is 1570 g/mol. The second-order valence-corrected chi connectivity index (χ2v) is 32.9. The summed E-state index contributed by atoms with van der Waals surface area (Å²) in [7, 11) is 0. The molecular formula is C74H109ClN12O15S4. The molecule has 0 unspecified atom stereocenters. The van der Waals surface area contributed by atoms with Crippen molar-refractivity contribution in [2.45, 2.75) is 177 Å². The second kappa shape index (κ2) is 46.2. The summed E-state index contributed by atoms with van der Waals surface area (Å²) in [5.41, 5.74) is -0.110. The molecule has 4 aromatic heterocycles. The molecule has 586 valence electrons. The van der Waals surface area contributed by atoms with Gasteiger partial charge in [0.15, 0.2) is 10.3 Å². The van der Waals surface area contributed by atoms with E-state index < -0.39 is 11.2 Å². The first-order valence-corrected chi connectivity index (χ1v) is 40.4. The molecule has 27 nitrogen and oxygen atoms in total. The van der Waals surface area contributed by atoms with E-state index in [-0.39, 0.29) is 93.7 Å². The molecule has 10 heterocycles. The summed E-state index contributed by atoms with van der Waals surface area (Å²) in [6.45, 7) is 37.4. The Kier molecular flexibility index (Phi) is 38.9. The Morgan fingerprint density at radius 2 is 0.877 bits per heavy atom. The molecular weight excluding hydrogens is 1460 g/mol. The summed E-state index contributed by atoms with van der Waals surface area (Å²) >= 11 is 10.8. The first-order valence-electron chi connectivity index (χ1n) is 36.4. The van der Waals surface area contributed by atoms with Gasteiger partial charge in [-0.3, -0.25) is 47.9 Å². The Labute approximate surface area is 644 Å². The van der Waals surface area contributed by atoms with Crippen LogP contribution in [0.1, 0.15) is 169 Å². The lowest BCUT2D eigenvalue weighted by atomic mass is 9.91. The summed E-state index contributed by atoms with van der Waals surface area (Å²) in [5, 5.41) is 21.8. The SMILES string of the molecule is C=CC(=O)Cl.C=CC(=O)N1CCC(C(=O)O)CC1.C=CC(=O)N1CCC(C(=O)OCC)CC1.CC(C)(C)c1cnc(CSc2cnc(NC(=O)C3CCNCC3)s2)o1.CCC(=O)N1CCC(C(=O)N2CCC(C(=O)Nc3ncc(SCc4ncc(C(C)(C)C)o4)s3)CC2)CC1.CCOC(=O)C1CCNCC1. The monoisotopic (exact) mass is 1570 g/mol. The van der Waals surface area contributed by atoms with Crippen molar-refractivity contribution in [3.05, 3.63) is 86.1 Å². The van der Waals surface area contributed by atoms with Gasteiger partial charge in [-0.15, -0.1) is 23.5 Å². The number of allylic oxidation sites excluding steroid dienone is 1. The molecule has 6 saturated heterocycles. The highest BCUT2D eigenvalue weighted by molar-refractivity contribution is 8.00. The number of aromatic nitrogens is 4. The van der Waals surface area contributed by atoms with Crippen molar-refractivity contribution in [1.29, 1.82) is 0 Å². The lowest BCUT2D eigenvalue weighted by Gasteiger charge is -2.37. The van der Waals surface area contributed by atoms with Gasteiger partial charge < -0.3 is 64.3 Å². The van der Waals surface area contributed by atoms with Crippen LogP contribution in [0, 0.1) is 35.5 Å². The number of carboxylic acid groups (broad SMARTS) is 1. The number of likely N-dealkylation sites (tertiary alicyclic amines) is 4. The van der Waals surface area contributed by atoms with E-state index in [4.69, 9.17) is 35.0 Å². The summed E-state index contributed by atoms with van der Waals surface area (Å²) in [4.78, 5) is 139. The van der Waals surface area contributed by atoms with E-state index in [1.165, 1.54) is 34.8 Å². The van der Waals surface area contributed by atoms with Gasteiger partial charge in [-0.2, -0.15) is 0 Å². The van der Waals surface area contributed by atoms with Crippen LogP contribution in [0.15, 0.2) is 80.0 Å². The van der Waals surface area contributed by atoms with E-state index in [0.717, 1.165) is 90.7 Å². The van der Waals surface area contributed by atoms with Gasteiger partial charge in [0, 0.05) is 87.4 Å². The fraction of sp³-hybridized carbons (Fsp3) is 0.622. The zero-order valence-electron chi connectivity index (χ0n) is 62.9. The maximum atomic E-state index is 13.0. The van der Waals surface area contributed by atoms with E-state index >= 15 is 0 Å². The number of rotatable bonds is 20. The number of amides is 6. The number of nitrogens with one attached hydrogen (secondary N) is 4. The van der Waals surface area contributed by atoms with Gasteiger partial charge in [0.2, 0.25) is 52.5 Å². The zero-order valence-corrected chi connectivity index (χ0v) is 66.9. The van der Waals surface area contributed by atoms with Crippen molar-refractivity contribution in [1.82, 2.24) is 50.2 Å². The third kappa shape index (κ3) is 31.1. The van der Waals surface area contributed by atoms with Gasteiger partial charge in [-0.25, -0.2) is 19.9 Å². The van der Waals surface area contributed by atoms with Crippen LogP contribution in [0.25, 0.3) is 0 Å². The quantitative estimate of drug-likeness (QED) is 0.0237. The number of esters is 2. The lowest BCUT2D eigenvalue weighted by molar-refractivity contribution is -0.151. The van der Waals surface area contributed by atoms with Crippen LogP contribution in [0.3, 0.4) is 0 Å². The van der Waals surface area contributed by atoms with Gasteiger partial charge in [0.05, 0.1) is 75.7 Å². The largest absolute Gasteiger partial charge is 0.481 e. The van der Waals surface area contributed by atoms with Crippen LogP contribution in [0.4, 0.5) is 10.3 Å². The smallest absolute Gasteiger partial charge is 0.309 e. The molecule has 32 heteroatoms. The van der Waals surface area contributed by atoms with Gasteiger partial charge in [0.1, 0.15) is 11.5 Å². The number of thioether (sulfide) groups is 2. The molecule has 10 rings (SSSR count). The Hall–Kier alpha value is -7.29. The third-order valence-corrected chi connectivity index (χ3v) is 22.5. The number of carbonyl (C=O) groups is 10. The number of oxazole rings is 2. The molecule has 5 N–H and O–H groups in total. The minimum Gasteiger partial charge on any atom is -0.481 e. The molecule has 0 aliphatic carbocycles. The molecule has 0 bridgehead atoms. The average Bonchev–Trinajstić information content (AvgIpc) is 1.14. The summed E-state index contributed by atoms with van der Waals surface area (Å²) in [5.74, 6) is 3.46. The molecule has 0 atom stereocenters. The minimum absolute atomic E-state index is 0.0194.